The van der Waals surface area contributed by atoms with Crippen molar-refractivity contribution >= 4 is 5.78 Å². The Morgan fingerprint density at radius 2 is 1.32 bits per heavy atom. The largest absolute Gasteiger partial charge is 0.377 e. The summed E-state index contributed by atoms with van der Waals surface area (Å²) in [5.74, 6) is 0.355. The third-order valence-electron chi connectivity index (χ3n) is 2.74. The monoisotopic (exact) mass is 273 g/mol. The number of ether oxygens (including phenoxy) is 2. The van der Waals surface area contributed by atoms with Gasteiger partial charge < -0.3 is 9.47 Å². The van der Waals surface area contributed by atoms with Crippen molar-refractivity contribution in [2.24, 2.45) is 5.92 Å². The Morgan fingerprint density at radius 1 is 0.895 bits per heavy atom. The second-order valence-electron chi connectivity index (χ2n) is 5.74. The van der Waals surface area contributed by atoms with Crippen LogP contribution in [0.1, 0.15) is 41.5 Å². The first-order chi connectivity index (χ1) is 8.82. The molecule has 0 amide bonds. The molecule has 0 bridgehead atoms. The van der Waals surface area contributed by atoms with Gasteiger partial charge in [-0.25, -0.2) is 0 Å². The lowest BCUT2D eigenvalue weighted by Gasteiger charge is -2.23. The Labute approximate surface area is 118 Å². The summed E-state index contributed by atoms with van der Waals surface area (Å²) in [5, 5.41) is 0. The fourth-order valence-corrected chi connectivity index (χ4v) is 1.51. The maximum atomic E-state index is 11.8. The van der Waals surface area contributed by atoms with Gasteiger partial charge in [0.2, 0.25) is 0 Å². The van der Waals surface area contributed by atoms with E-state index in [1.54, 1.807) is 0 Å². The average molecular weight is 273 g/mol. The molecule has 0 rings (SSSR count). The zero-order valence-electron chi connectivity index (χ0n) is 13.4. The summed E-state index contributed by atoms with van der Waals surface area (Å²) in [5.41, 5.74) is 0. The molecule has 114 valence electrons. The van der Waals surface area contributed by atoms with Gasteiger partial charge in [0.25, 0.3) is 0 Å². The molecule has 0 fully saturated rings. The smallest absolute Gasteiger partial charge is 0.149 e. The standard InChI is InChI=1S/C15H31NO3/c1-12(2)15(17)11-16(7-9-18-13(3)4)8-10-19-14(5)6/h12-14H,7-11H2,1-6H3. The maximum Gasteiger partial charge on any atom is 0.149 e. The predicted molar refractivity (Wildman–Crippen MR) is 78.5 cm³/mol. The van der Waals surface area contributed by atoms with E-state index in [2.05, 4.69) is 4.90 Å². The highest BCUT2D eigenvalue weighted by Gasteiger charge is 2.14. The molecule has 0 heterocycles. The van der Waals surface area contributed by atoms with Crippen LogP contribution in [0.5, 0.6) is 0 Å². The number of nitrogens with zero attached hydrogens (tertiary/aromatic N) is 1. The van der Waals surface area contributed by atoms with E-state index in [0.717, 1.165) is 13.1 Å². The molecule has 0 aromatic rings. The number of rotatable bonds is 11. The third kappa shape index (κ3) is 11.1. The van der Waals surface area contributed by atoms with Gasteiger partial charge in [0.1, 0.15) is 5.78 Å². The molecule has 0 aromatic carbocycles. The lowest BCUT2D eigenvalue weighted by atomic mass is 10.1. The molecule has 0 aromatic heterocycles. The Hall–Kier alpha value is -0.450. The molecule has 19 heavy (non-hydrogen) atoms. The van der Waals surface area contributed by atoms with Crippen LogP contribution in [0.15, 0.2) is 0 Å². The summed E-state index contributed by atoms with van der Waals surface area (Å²) in [7, 11) is 0. The van der Waals surface area contributed by atoms with E-state index >= 15 is 0 Å². The Kier molecular flexibility index (Phi) is 10.1. The summed E-state index contributed by atoms with van der Waals surface area (Å²) in [6.07, 6.45) is 0.462. The van der Waals surface area contributed by atoms with E-state index in [4.69, 9.17) is 9.47 Å². The molecule has 4 heteroatoms. The van der Waals surface area contributed by atoms with Crippen molar-refractivity contribution in [2.45, 2.75) is 53.8 Å². The van der Waals surface area contributed by atoms with Crippen LogP contribution in [0.4, 0.5) is 0 Å². The summed E-state index contributed by atoms with van der Waals surface area (Å²) >= 11 is 0. The molecule has 0 aliphatic carbocycles. The van der Waals surface area contributed by atoms with Crippen molar-refractivity contribution in [3.8, 4) is 0 Å². The van der Waals surface area contributed by atoms with Crippen LogP contribution in [0, 0.1) is 5.92 Å². The molecule has 0 radical (unpaired) electrons. The van der Waals surface area contributed by atoms with Crippen LogP contribution >= 0.6 is 0 Å². The molecule has 4 nitrogen and oxygen atoms in total. The third-order valence-corrected chi connectivity index (χ3v) is 2.74. The number of Topliss-reactive ketones (excluding diaryl/α,β-unsaturated/α-hetero) is 1. The van der Waals surface area contributed by atoms with Crippen LogP contribution in [-0.4, -0.2) is 55.7 Å². The lowest BCUT2D eigenvalue weighted by Crippen LogP contribution is -2.37. The van der Waals surface area contributed by atoms with Crippen LogP contribution in [-0.2, 0) is 14.3 Å². The molecular formula is C15H31NO3. The second kappa shape index (κ2) is 10.4. The van der Waals surface area contributed by atoms with Crippen molar-refractivity contribution in [3.05, 3.63) is 0 Å². The topological polar surface area (TPSA) is 38.8 Å². The van der Waals surface area contributed by atoms with Gasteiger partial charge in [-0.05, 0) is 27.7 Å². The quantitative estimate of drug-likeness (QED) is 0.579. The summed E-state index contributed by atoms with van der Waals surface area (Å²) in [4.78, 5) is 13.9. The van der Waals surface area contributed by atoms with Crippen LogP contribution in [0.25, 0.3) is 0 Å². The molecule has 0 aliphatic heterocycles. The highest BCUT2D eigenvalue weighted by molar-refractivity contribution is 5.82. The van der Waals surface area contributed by atoms with Gasteiger partial charge in [-0.1, -0.05) is 13.8 Å². The van der Waals surface area contributed by atoms with Gasteiger partial charge in [-0.15, -0.1) is 0 Å². The fraction of sp³-hybridized carbons (Fsp3) is 0.933. The van der Waals surface area contributed by atoms with Crippen LogP contribution in [0.3, 0.4) is 0 Å². The van der Waals surface area contributed by atoms with E-state index < -0.39 is 0 Å². The minimum Gasteiger partial charge on any atom is -0.377 e. The minimum absolute atomic E-state index is 0.0829. The maximum absolute atomic E-state index is 11.8. The molecule has 0 unspecified atom stereocenters. The van der Waals surface area contributed by atoms with E-state index in [1.807, 2.05) is 41.5 Å². The van der Waals surface area contributed by atoms with Gasteiger partial charge in [0.05, 0.1) is 32.0 Å². The first kappa shape index (κ1) is 18.6. The zero-order valence-corrected chi connectivity index (χ0v) is 13.4. The molecule has 0 N–H and O–H groups in total. The number of ketones is 1. The van der Waals surface area contributed by atoms with Crippen molar-refractivity contribution in [3.63, 3.8) is 0 Å². The zero-order chi connectivity index (χ0) is 14.8. The van der Waals surface area contributed by atoms with Crippen molar-refractivity contribution in [2.75, 3.05) is 32.8 Å². The van der Waals surface area contributed by atoms with Crippen molar-refractivity contribution in [1.82, 2.24) is 4.90 Å². The van der Waals surface area contributed by atoms with Gasteiger partial charge in [-0.2, -0.15) is 0 Å². The first-order valence-corrected chi connectivity index (χ1v) is 7.31. The highest BCUT2D eigenvalue weighted by Crippen LogP contribution is 2.00. The van der Waals surface area contributed by atoms with Gasteiger partial charge in [0, 0.05) is 19.0 Å². The molecule has 0 spiro atoms. The van der Waals surface area contributed by atoms with Crippen LogP contribution < -0.4 is 0 Å². The summed E-state index contributed by atoms with van der Waals surface area (Å²) in [6, 6.07) is 0. The van der Waals surface area contributed by atoms with E-state index in [1.165, 1.54) is 0 Å². The number of carbonyl (C=O) groups is 1. The molecule has 0 saturated heterocycles. The molecule has 0 atom stereocenters. The van der Waals surface area contributed by atoms with Gasteiger partial charge in [-0.3, -0.25) is 9.69 Å². The second-order valence-corrected chi connectivity index (χ2v) is 5.74. The molecular weight excluding hydrogens is 242 g/mol. The Balaban J connectivity index is 4.10. The number of hydrogen-bond acceptors (Lipinski definition) is 4. The van der Waals surface area contributed by atoms with E-state index in [9.17, 15) is 4.79 Å². The normalized spacial score (nSPS) is 12.1. The average Bonchev–Trinajstić information content (AvgIpc) is 2.27. The minimum atomic E-state index is 0.0829. The summed E-state index contributed by atoms with van der Waals surface area (Å²) < 4.78 is 11.1. The molecule has 0 saturated carbocycles. The van der Waals surface area contributed by atoms with Gasteiger partial charge >= 0.3 is 0 Å². The summed E-state index contributed by atoms with van der Waals surface area (Å²) in [6.45, 7) is 15.3. The van der Waals surface area contributed by atoms with Crippen molar-refractivity contribution in [1.29, 1.82) is 0 Å². The predicted octanol–water partition coefficient (Wildman–Crippen LogP) is 2.36. The van der Waals surface area contributed by atoms with E-state index in [-0.39, 0.29) is 23.9 Å². The first-order valence-electron chi connectivity index (χ1n) is 7.31. The highest BCUT2D eigenvalue weighted by atomic mass is 16.5. The number of hydrogen-bond donors (Lipinski definition) is 0. The van der Waals surface area contributed by atoms with Crippen molar-refractivity contribution < 1.29 is 14.3 Å². The van der Waals surface area contributed by atoms with Crippen LogP contribution in [0.2, 0.25) is 0 Å². The van der Waals surface area contributed by atoms with E-state index in [0.29, 0.717) is 19.8 Å². The lowest BCUT2D eigenvalue weighted by molar-refractivity contribution is -0.123. The fourth-order valence-electron chi connectivity index (χ4n) is 1.51. The SMILES string of the molecule is CC(C)OCCN(CCOC(C)C)CC(=O)C(C)C. The Bertz CT molecular complexity index is 226. The Morgan fingerprint density at radius 3 is 1.63 bits per heavy atom. The molecule has 0 aliphatic rings. The number of carbonyl (C=O) groups excluding carboxylic acids is 1. The van der Waals surface area contributed by atoms with Gasteiger partial charge in [0.15, 0.2) is 0 Å².